The van der Waals surface area contributed by atoms with Crippen LogP contribution in [0.1, 0.15) is 30.0 Å². The average Bonchev–Trinajstić information content (AvgIpc) is 2.28. The molecule has 0 heterocycles. The molecule has 0 amide bonds. The SMILES string of the molecule is COc1ccc(C(CCC(F)(F)F)NN)cc1C. The van der Waals surface area contributed by atoms with Crippen molar-refractivity contribution in [1.29, 1.82) is 0 Å². The van der Waals surface area contributed by atoms with Crippen molar-refractivity contribution in [2.45, 2.75) is 32.0 Å². The highest BCUT2D eigenvalue weighted by atomic mass is 19.4. The maximum Gasteiger partial charge on any atom is 0.389 e. The van der Waals surface area contributed by atoms with Crippen molar-refractivity contribution in [3.8, 4) is 5.75 Å². The smallest absolute Gasteiger partial charge is 0.389 e. The van der Waals surface area contributed by atoms with Crippen LogP contribution in [-0.2, 0) is 0 Å². The number of nitrogens with two attached hydrogens (primary N) is 1. The van der Waals surface area contributed by atoms with Crippen LogP contribution in [0.5, 0.6) is 5.75 Å². The number of rotatable bonds is 5. The van der Waals surface area contributed by atoms with Gasteiger partial charge in [-0.15, -0.1) is 0 Å². The molecular weight excluding hydrogens is 245 g/mol. The minimum Gasteiger partial charge on any atom is -0.496 e. The molecule has 0 radical (unpaired) electrons. The zero-order chi connectivity index (χ0) is 13.8. The molecule has 0 saturated carbocycles. The van der Waals surface area contributed by atoms with Crippen LogP contribution in [0.4, 0.5) is 13.2 Å². The first kappa shape index (κ1) is 14.8. The molecule has 18 heavy (non-hydrogen) atoms. The molecule has 1 unspecified atom stereocenters. The first-order chi connectivity index (χ1) is 8.37. The molecule has 0 spiro atoms. The monoisotopic (exact) mass is 262 g/mol. The van der Waals surface area contributed by atoms with E-state index in [-0.39, 0.29) is 6.42 Å². The Kier molecular flexibility index (Phi) is 4.98. The first-order valence-corrected chi connectivity index (χ1v) is 5.55. The zero-order valence-electron chi connectivity index (χ0n) is 10.3. The van der Waals surface area contributed by atoms with Gasteiger partial charge >= 0.3 is 6.18 Å². The van der Waals surface area contributed by atoms with Gasteiger partial charge in [-0.25, -0.2) is 0 Å². The lowest BCUT2D eigenvalue weighted by Crippen LogP contribution is -2.29. The van der Waals surface area contributed by atoms with Gasteiger partial charge in [0, 0.05) is 12.5 Å². The molecule has 1 aromatic rings. The highest BCUT2D eigenvalue weighted by Gasteiger charge is 2.28. The fourth-order valence-corrected chi connectivity index (χ4v) is 1.77. The summed E-state index contributed by atoms with van der Waals surface area (Å²) in [4.78, 5) is 0. The van der Waals surface area contributed by atoms with E-state index >= 15 is 0 Å². The van der Waals surface area contributed by atoms with Gasteiger partial charge in [-0.05, 0) is 30.5 Å². The van der Waals surface area contributed by atoms with Crippen molar-refractivity contribution in [3.05, 3.63) is 29.3 Å². The van der Waals surface area contributed by atoms with Gasteiger partial charge in [0.15, 0.2) is 0 Å². The van der Waals surface area contributed by atoms with E-state index < -0.39 is 18.6 Å². The summed E-state index contributed by atoms with van der Waals surface area (Å²) in [5.74, 6) is 6.01. The maximum absolute atomic E-state index is 12.2. The third kappa shape index (κ3) is 4.19. The van der Waals surface area contributed by atoms with Crippen LogP contribution in [-0.4, -0.2) is 13.3 Å². The second kappa shape index (κ2) is 6.06. The molecule has 0 aliphatic rings. The Balaban J connectivity index is 2.79. The van der Waals surface area contributed by atoms with Crippen molar-refractivity contribution in [3.63, 3.8) is 0 Å². The van der Waals surface area contributed by atoms with E-state index in [1.807, 2.05) is 6.92 Å². The molecule has 0 aliphatic heterocycles. The summed E-state index contributed by atoms with van der Waals surface area (Å²) in [6, 6.07) is 4.70. The van der Waals surface area contributed by atoms with Gasteiger partial charge in [-0.3, -0.25) is 11.3 Å². The topological polar surface area (TPSA) is 47.3 Å². The molecule has 0 fully saturated rings. The van der Waals surface area contributed by atoms with Gasteiger partial charge in [-0.2, -0.15) is 13.2 Å². The van der Waals surface area contributed by atoms with E-state index in [4.69, 9.17) is 10.6 Å². The van der Waals surface area contributed by atoms with Crippen LogP contribution in [0.3, 0.4) is 0 Å². The van der Waals surface area contributed by atoms with Crippen LogP contribution < -0.4 is 16.0 Å². The van der Waals surface area contributed by atoms with Crippen molar-refractivity contribution in [2.75, 3.05) is 7.11 Å². The molecule has 3 nitrogen and oxygen atoms in total. The zero-order valence-corrected chi connectivity index (χ0v) is 10.3. The molecule has 6 heteroatoms. The molecule has 3 N–H and O–H groups in total. The summed E-state index contributed by atoms with van der Waals surface area (Å²) < 4.78 is 41.6. The number of halogens is 3. The molecule has 102 valence electrons. The number of methoxy groups -OCH3 is 1. The third-order valence-electron chi connectivity index (χ3n) is 2.74. The molecule has 0 aromatic heterocycles. The van der Waals surface area contributed by atoms with Crippen LogP contribution in [0.15, 0.2) is 18.2 Å². The second-order valence-corrected chi connectivity index (χ2v) is 4.10. The fourth-order valence-electron chi connectivity index (χ4n) is 1.77. The molecule has 1 rings (SSSR count). The van der Waals surface area contributed by atoms with Crippen LogP contribution in [0.2, 0.25) is 0 Å². The van der Waals surface area contributed by atoms with Crippen LogP contribution in [0, 0.1) is 6.92 Å². The highest BCUT2D eigenvalue weighted by Crippen LogP contribution is 2.29. The lowest BCUT2D eigenvalue weighted by Gasteiger charge is -2.18. The number of alkyl halides is 3. The van der Waals surface area contributed by atoms with Crippen molar-refractivity contribution in [1.82, 2.24) is 5.43 Å². The Hall–Kier alpha value is -1.27. The number of hydrogen-bond acceptors (Lipinski definition) is 3. The van der Waals surface area contributed by atoms with Gasteiger partial charge in [0.25, 0.3) is 0 Å². The van der Waals surface area contributed by atoms with Crippen molar-refractivity contribution >= 4 is 0 Å². The number of hydrazine groups is 1. The maximum atomic E-state index is 12.2. The van der Waals surface area contributed by atoms with Crippen molar-refractivity contribution < 1.29 is 17.9 Å². The van der Waals surface area contributed by atoms with E-state index in [1.54, 1.807) is 25.3 Å². The van der Waals surface area contributed by atoms with E-state index in [1.165, 1.54) is 0 Å². The largest absolute Gasteiger partial charge is 0.496 e. The van der Waals surface area contributed by atoms with Gasteiger partial charge < -0.3 is 4.74 Å². The summed E-state index contributed by atoms with van der Waals surface area (Å²) in [6.07, 6.45) is -5.13. The average molecular weight is 262 g/mol. The standard InChI is InChI=1S/C12H17F3N2O/c1-8-7-9(3-4-11(8)18-2)10(17-16)5-6-12(13,14)15/h3-4,7,10,17H,5-6,16H2,1-2H3. The Labute approximate surface area is 104 Å². The second-order valence-electron chi connectivity index (χ2n) is 4.10. The molecule has 1 aromatic carbocycles. The Morgan fingerprint density at radius 3 is 2.50 bits per heavy atom. The van der Waals surface area contributed by atoms with Gasteiger partial charge in [0.05, 0.1) is 7.11 Å². The number of hydrogen-bond donors (Lipinski definition) is 2. The third-order valence-corrected chi connectivity index (χ3v) is 2.74. The number of benzene rings is 1. The molecule has 0 saturated heterocycles. The van der Waals surface area contributed by atoms with Gasteiger partial charge in [0.2, 0.25) is 0 Å². The van der Waals surface area contributed by atoms with E-state index in [0.29, 0.717) is 5.75 Å². The number of ether oxygens (including phenoxy) is 1. The Morgan fingerprint density at radius 2 is 2.06 bits per heavy atom. The van der Waals surface area contributed by atoms with E-state index in [2.05, 4.69) is 5.43 Å². The summed E-state index contributed by atoms with van der Waals surface area (Å²) >= 11 is 0. The summed E-state index contributed by atoms with van der Waals surface area (Å²) in [5, 5.41) is 0. The minimum absolute atomic E-state index is 0.0915. The lowest BCUT2D eigenvalue weighted by atomic mass is 10.00. The van der Waals surface area contributed by atoms with Crippen molar-refractivity contribution in [2.24, 2.45) is 5.84 Å². The summed E-state index contributed by atoms with van der Waals surface area (Å²) in [5.41, 5.74) is 4.00. The quantitative estimate of drug-likeness (QED) is 0.633. The molecule has 0 bridgehead atoms. The minimum atomic E-state index is -4.17. The summed E-state index contributed by atoms with van der Waals surface area (Å²) in [7, 11) is 1.55. The fraction of sp³-hybridized carbons (Fsp3) is 0.500. The Bertz CT molecular complexity index is 393. The van der Waals surface area contributed by atoms with Gasteiger partial charge in [-0.1, -0.05) is 12.1 Å². The highest BCUT2D eigenvalue weighted by molar-refractivity contribution is 5.37. The number of aryl methyl sites for hydroxylation is 1. The van der Waals surface area contributed by atoms with E-state index in [0.717, 1.165) is 11.1 Å². The predicted molar refractivity (Wildman–Crippen MR) is 63.1 cm³/mol. The molecular formula is C12H17F3N2O. The Morgan fingerprint density at radius 1 is 1.39 bits per heavy atom. The molecule has 0 aliphatic carbocycles. The molecule has 1 atom stereocenters. The van der Waals surface area contributed by atoms with Crippen LogP contribution in [0.25, 0.3) is 0 Å². The lowest BCUT2D eigenvalue weighted by molar-refractivity contribution is -0.136. The first-order valence-electron chi connectivity index (χ1n) is 5.55. The normalized spacial score (nSPS) is 13.4. The predicted octanol–water partition coefficient (Wildman–Crippen LogP) is 2.85. The van der Waals surface area contributed by atoms with Crippen LogP contribution >= 0.6 is 0 Å². The number of nitrogens with one attached hydrogen (secondary N) is 1. The summed E-state index contributed by atoms with van der Waals surface area (Å²) in [6.45, 7) is 1.83. The van der Waals surface area contributed by atoms with Gasteiger partial charge in [0.1, 0.15) is 5.75 Å². The van der Waals surface area contributed by atoms with E-state index in [9.17, 15) is 13.2 Å².